The van der Waals surface area contributed by atoms with Gasteiger partial charge in [0.2, 0.25) is 5.91 Å². The van der Waals surface area contributed by atoms with E-state index in [4.69, 9.17) is 10.5 Å². The largest absolute Gasteiger partial charge is 0.381 e. The van der Waals surface area contributed by atoms with Crippen molar-refractivity contribution in [1.29, 1.82) is 0 Å². The van der Waals surface area contributed by atoms with E-state index in [1.165, 1.54) is 0 Å². The molecule has 0 aliphatic carbocycles. The standard InChI is InChI=1S/C16H26N2O2/c1-2-3-10-20-11-4-9-18-16(19)12-14-5-7-15(13-17)8-6-14/h5-8H,2-4,9-13,17H2,1H3,(H,18,19). The first-order chi connectivity index (χ1) is 9.76. The molecule has 0 bridgehead atoms. The number of nitrogens with two attached hydrogens (primary N) is 1. The minimum Gasteiger partial charge on any atom is -0.381 e. The van der Waals surface area contributed by atoms with E-state index < -0.39 is 0 Å². The average Bonchev–Trinajstić information content (AvgIpc) is 2.47. The number of benzene rings is 1. The van der Waals surface area contributed by atoms with E-state index >= 15 is 0 Å². The summed E-state index contributed by atoms with van der Waals surface area (Å²) in [6.45, 7) is 4.88. The number of hydrogen-bond acceptors (Lipinski definition) is 3. The molecular weight excluding hydrogens is 252 g/mol. The molecule has 3 N–H and O–H groups in total. The summed E-state index contributed by atoms with van der Waals surface area (Å²) in [5.41, 5.74) is 7.63. The highest BCUT2D eigenvalue weighted by molar-refractivity contribution is 5.78. The Bertz CT molecular complexity index is 377. The Hall–Kier alpha value is -1.39. The van der Waals surface area contributed by atoms with Gasteiger partial charge >= 0.3 is 0 Å². The van der Waals surface area contributed by atoms with Crippen LogP contribution >= 0.6 is 0 Å². The van der Waals surface area contributed by atoms with Gasteiger partial charge in [-0.3, -0.25) is 4.79 Å². The number of amides is 1. The monoisotopic (exact) mass is 278 g/mol. The third kappa shape index (κ3) is 7.26. The van der Waals surface area contributed by atoms with Crippen molar-refractivity contribution in [3.05, 3.63) is 35.4 Å². The molecule has 1 aromatic carbocycles. The minimum absolute atomic E-state index is 0.0547. The van der Waals surface area contributed by atoms with Crippen molar-refractivity contribution < 1.29 is 9.53 Å². The van der Waals surface area contributed by atoms with E-state index in [-0.39, 0.29) is 5.91 Å². The van der Waals surface area contributed by atoms with Crippen LogP contribution in [0.3, 0.4) is 0 Å². The number of carbonyl (C=O) groups is 1. The lowest BCUT2D eigenvalue weighted by atomic mass is 10.1. The molecule has 112 valence electrons. The number of hydrogen-bond donors (Lipinski definition) is 2. The fourth-order valence-electron chi connectivity index (χ4n) is 1.79. The lowest BCUT2D eigenvalue weighted by Crippen LogP contribution is -2.26. The van der Waals surface area contributed by atoms with E-state index in [1.807, 2.05) is 24.3 Å². The summed E-state index contributed by atoms with van der Waals surface area (Å²) in [5, 5.41) is 2.91. The molecule has 1 aromatic rings. The van der Waals surface area contributed by atoms with Crippen LogP contribution < -0.4 is 11.1 Å². The van der Waals surface area contributed by atoms with Crippen molar-refractivity contribution in [3.8, 4) is 0 Å². The van der Waals surface area contributed by atoms with Gasteiger partial charge in [0.25, 0.3) is 0 Å². The van der Waals surface area contributed by atoms with Crippen molar-refractivity contribution in [2.45, 2.75) is 39.2 Å². The number of carbonyl (C=O) groups excluding carboxylic acids is 1. The van der Waals surface area contributed by atoms with E-state index in [2.05, 4.69) is 12.2 Å². The van der Waals surface area contributed by atoms with Gasteiger partial charge in [0.1, 0.15) is 0 Å². The predicted octanol–water partition coefficient (Wildman–Crippen LogP) is 2.01. The summed E-state index contributed by atoms with van der Waals surface area (Å²) in [6, 6.07) is 7.83. The SMILES string of the molecule is CCCCOCCCNC(=O)Cc1ccc(CN)cc1. The highest BCUT2D eigenvalue weighted by Crippen LogP contribution is 2.04. The Labute approximate surface area is 121 Å². The molecule has 4 nitrogen and oxygen atoms in total. The van der Waals surface area contributed by atoms with Crippen molar-refractivity contribution in [3.63, 3.8) is 0 Å². The zero-order valence-electron chi connectivity index (χ0n) is 12.4. The molecule has 0 spiro atoms. The summed E-state index contributed by atoms with van der Waals surface area (Å²) >= 11 is 0. The van der Waals surface area contributed by atoms with E-state index in [1.54, 1.807) is 0 Å². The molecule has 1 rings (SSSR count). The fraction of sp³-hybridized carbons (Fsp3) is 0.562. The topological polar surface area (TPSA) is 64.3 Å². The van der Waals surface area contributed by atoms with E-state index in [0.29, 0.717) is 26.1 Å². The molecule has 0 heterocycles. The summed E-state index contributed by atoms with van der Waals surface area (Å²) in [6.07, 6.45) is 3.54. The van der Waals surface area contributed by atoms with Gasteiger partial charge in [-0.2, -0.15) is 0 Å². The van der Waals surface area contributed by atoms with Crippen molar-refractivity contribution in [1.82, 2.24) is 5.32 Å². The Morgan fingerprint density at radius 2 is 1.80 bits per heavy atom. The molecular formula is C16H26N2O2. The van der Waals surface area contributed by atoms with E-state index in [9.17, 15) is 4.79 Å². The van der Waals surface area contributed by atoms with E-state index in [0.717, 1.165) is 37.0 Å². The van der Waals surface area contributed by atoms with Crippen LogP contribution in [0.5, 0.6) is 0 Å². The maximum absolute atomic E-state index is 11.7. The molecule has 0 aliphatic rings. The first-order valence-electron chi connectivity index (χ1n) is 7.38. The summed E-state index contributed by atoms with van der Waals surface area (Å²) in [4.78, 5) is 11.7. The molecule has 4 heteroatoms. The van der Waals surface area contributed by atoms with Crippen molar-refractivity contribution in [2.75, 3.05) is 19.8 Å². The second-order valence-electron chi connectivity index (χ2n) is 4.87. The van der Waals surface area contributed by atoms with Gasteiger partial charge in [-0.25, -0.2) is 0 Å². The van der Waals surface area contributed by atoms with Gasteiger partial charge in [-0.05, 0) is 24.0 Å². The Balaban J connectivity index is 2.10. The molecule has 0 radical (unpaired) electrons. The second-order valence-corrected chi connectivity index (χ2v) is 4.87. The van der Waals surface area contributed by atoms with Gasteiger partial charge in [0.15, 0.2) is 0 Å². The zero-order chi connectivity index (χ0) is 14.6. The summed E-state index contributed by atoms with van der Waals surface area (Å²) in [7, 11) is 0. The van der Waals surface area contributed by atoms with Gasteiger partial charge in [0.05, 0.1) is 6.42 Å². The van der Waals surface area contributed by atoms with Gasteiger partial charge in [-0.15, -0.1) is 0 Å². The maximum Gasteiger partial charge on any atom is 0.224 e. The number of unbranched alkanes of at least 4 members (excludes halogenated alkanes) is 1. The lowest BCUT2D eigenvalue weighted by molar-refractivity contribution is -0.120. The van der Waals surface area contributed by atoms with Crippen molar-refractivity contribution >= 4 is 5.91 Å². The van der Waals surface area contributed by atoms with Gasteiger partial charge in [0, 0.05) is 26.3 Å². The Morgan fingerprint density at radius 3 is 2.45 bits per heavy atom. The molecule has 20 heavy (non-hydrogen) atoms. The fourth-order valence-corrected chi connectivity index (χ4v) is 1.79. The number of ether oxygens (including phenoxy) is 1. The Kier molecular flexibility index (Phi) is 8.67. The van der Waals surface area contributed by atoms with Gasteiger partial charge in [-0.1, -0.05) is 37.6 Å². The normalized spacial score (nSPS) is 10.5. The highest BCUT2D eigenvalue weighted by Gasteiger charge is 2.02. The molecule has 0 aromatic heterocycles. The van der Waals surface area contributed by atoms with Crippen LogP contribution in [0.2, 0.25) is 0 Å². The zero-order valence-corrected chi connectivity index (χ0v) is 12.4. The summed E-state index contributed by atoms with van der Waals surface area (Å²) < 4.78 is 5.44. The van der Waals surface area contributed by atoms with Crippen LogP contribution in [0.25, 0.3) is 0 Å². The molecule has 0 saturated carbocycles. The molecule has 0 atom stereocenters. The summed E-state index contributed by atoms with van der Waals surface area (Å²) in [5.74, 6) is 0.0547. The van der Waals surface area contributed by atoms with Crippen LogP contribution in [-0.2, 0) is 22.5 Å². The smallest absolute Gasteiger partial charge is 0.224 e. The average molecular weight is 278 g/mol. The Morgan fingerprint density at radius 1 is 1.15 bits per heavy atom. The molecule has 0 unspecified atom stereocenters. The minimum atomic E-state index is 0.0547. The quantitative estimate of drug-likeness (QED) is 0.643. The van der Waals surface area contributed by atoms with Crippen molar-refractivity contribution in [2.24, 2.45) is 5.73 Å². The molecule has 0 saturated heterocycles. The number of nitrogens with one attached hydrogen (secondary N) is 1. The first-order valence-corrected chi connectivity index (χ1v) is 7.38. The third-order valence-electron chi connectivity index (χ3n) is 3.05. The number of rotatable bonds is 10. The lowest BCUT2D eigenvalue weighted by Gasteiger charge is -2.06. The highest BCUT2D eigenvalue weighted by atomic mass is 16.5. The maximum atomic E-state index is 11.7. The van der Waals surface area contributed by atoms with Crippen LogP contribution in [0.1, 0.15) is 37.3 Å². The molecule has 0 aliphatic heterocycles. The van der Waals surface area contributed by atoms with Crippen LogP contribution in [0.4, 0.5) is 0 Å². The molecule has 0 fully saturated rings. The molecule has 1 amide bonds. The van der Waals surface area contributed by atoms with Crippen LogP contribution in [0, 0.1) is 0 Å². The van der Waals surface area contributed by atoms with Gasteiger partial charge < -0.3 is 15.8 Å². The first kappa shape index (κ1) is 16.7. The van der Waals surface area contributed by atoms with Crippen LogP contribution in [0.15, 0.2) is 24.3 Å². The third-order valence-corrected chi connectivity index (χ3v) is 3.05. The van der Waals surface area contributed by atoms with Crippen LogP contribution in [-0.4, -0.2) is 25.7 Å². The second kappa shape index (κ2) is 10.4. The predicted molar refractivity (Wildman–Crippen MR) is 81.4 cm³/mol.